The SMILES string of the molecule is CCNC(=O)Nc1ccc(C(=O)N2CCCC(c3ccc(OC)c(OC)c3)=N2)cc1. The standard InChI is InChI=1S/C22H26N4O4/c1-4-23-22(28)24-17-10-7-15(8-11-17)21(27)26-13-5-6-18(25-26)16-9-12-19(29-2)20(14-16)30-3/h7-12,14H,4-6,13H2,1-3H3,(H2,23,24,28). The normalized spacial score (nSPS) is 13.3. The minimum atomic E-state index is -0.281. The van der Waals surface area contributed by atoms with Crippen LogP contribution in [0.1, 0.15) is 35.7 Å². The van der Waals surface area contributed by atoms with Gasteiger partial charge in [0.2, 0.25) is 0 Å². The molecule has 8 nitrogen and oxygen atoms in total. The van der Waals surface area contributed by atoms with Crippen molar-refractivity contribution in [2.75, 3.05) is 32.6 Å². The van der Waals surface area contributed by atoms with Gasteiger partial charge in [0, 0.05) is 29.9 Å². The fourth-order valence-corrected chi connectivity index (χ4v) is 3.19. The van der Waals surface area contributed by atoms with E-state index < -0.39 is 0 Å². The Morgan fingerprint density at radius 1 is 1.07 bits per heavy atom. The summed E-state index contributed by atoms with van der Waals surface area (Å²) in [5.41, 5.74) is 2.84. The summed E-state index contributed by atoms with van der Waals surface area (Å²) in [4.78, 5) is 24.5. The van der Waals surface area contributed by atoms with Gasteiger partial charge in [-0.3, -0.25) is 4.79 Å². The van der Waals surface area contributed by atoms with E-state index in [9.17, 15) is 9.59 Å². The highest BCUT2D eigenvalue weighted by molar-refractivity contribution is 6.03. The average Bonchev–Trinajstić information content (AvgIpc) is 2.79. The number of rotatable bonds is 6. The Morgan fingerprint density at radius 3 is 2.47 bits per heavy atom. The molecule has 0 bridgehead atoms. The molecule has 158 valence electrons. The molecule has 8 heteroatoms. The Labute approximate surface area is 175 Å². The van der Waals surface area contributed by atoms with Crippen molar-refractivity contribution in [3.8, 4) is 11.5 Å². The van der Waals surface area contributed by atoms with E-state index in [-0.39, 0.29) is 11.9 Å². The van der Waals surface area contributed by atoms with E-state index in [0.717, 1.165) is 24.1 Å². The first-order chi connectivity index (χ1) is 14.5. The largest absolute Gasteiger partial charge is 0.493 e. The molecular formula is C22H26N4O4. The predicted molar refractivity (Wildman–Crippen MR) is 115 cm³/mol. The summed E-state index contributed by atoms with van der Waals surface area (Å²) in [7, 11) is 3.18. The van der Waals surface area contributed by atoms with Crippen LogP contribution in [0.25, 0.3) is 0 Å². The van der Waals surface area contributed by atoms with Crippen LogP contribution >= 0.6 is 0 Å². The summed E-state index contributed by atoms with van der Waals surface area (Å²) in [6.07, 6.45) is 1.59. The van der Waals surface area contributed by atoms with E-state index in [0.29, 0.717) is 35.8 Å². The zero-order valence-corrected chi connectivity index (χ0v) is 17.4. The quantitative estimate of drug-likeness (QED) is 0.763. The number of urea groups is 1. The minimum Gasteiger partial charge on any atom is -0.493 e. The molecule has 2 aromatic rings. The highest BCUT2D eigenvalue weighted by Crippen LogP contribution is 2.29. The van der Waals surface area contributed by atoms with Gasteiger partial charge in [0.15, 0.2) is 11.5 Å². The van der Waals surface area contributed by atoms with Crippen LogP contribution in [0.3, 0.4) is 0 Å². The summed E-state index contributed by atoms with van der Waals surface area (Å²) in [6, 6.07) is 12.1. The van der Waals surface area contributed by atoms with Gasteiger partial charge in [-0.15, -0.1) is 0 Å². The molecule has 0 radical (unpaired) electrons. The highest BCUT2D eigenvalue weighted by atomic mass is 16.5. The Balaban J connectivity index is 1.75. The van der Waals surface area contributed by atoms with Gasteiger partial charge in [-0.05, 0) is 62.2 Å². The first-order valence-corrected chi connectivity index (χ1v) is 9.82. The third kappa shape index (κ3) is 4.89. The van der Waals surface area contributed by atoms with E-state index in [2.05, 4.69) is 15.7 Å². The maximum absolute atomic E-state index is 12.9. The number of nitrogens with one attached hydrogen (secondary N) is 2. The van der Waals surface area contributed by atoms with Gasteiger partial charge in [0.05, 0.1) is 19.9 Å². The molecule has 0 saturated carbocycles. The smallest absolute Gasteiger partial charge is 0.319 e. The molecule has 2 N–H and O–H groups in total. The minimum absolute atomic E-state index is 0.183. The Kier molecular flexibility index (Phi) is 6.90. The molecule has 30 heavy (non-hydrogen) atoms. The first-order valence-electron chi connectivity index (χ1n) is 9.82. The molecule has 3 rings (SSSR count). The van der Waals surface area contributed by atoms with Crippen molar-refractivity contribution in [1.29, 1.82) is 0 Å². The number of anilines is 1. The summed E-state index contributed by atoms with van der Waals surface area (Å²) >= 11 is 0. The lowest BCUT2D eigenvalue weighted by Crippen LogP contribution is -2.32. The molecule has 0 saturated heterocycles. The van der Waals surface area contributed by atoms with Crippen LogP contribution in [0.5, 0.6) is 11.5 Å². The first kappa shape index (κ1) is 21.2. The van der Waals surface area contributed by atoms with Gasteiger partial charge in [-0.1, -0.05) is 0 Å². The molecule has 3 amide bonds. The van der Waals surface area contributed by atoms with E-state index in [1.165, 1.54) is 5.01 Å². The van der Waals surface area contributed by atoms with E-state index in [1.807, 2.05) is 25.1 Å². The van der Waals surface area contributed by atoms with Gasteiger partial charge < -0.3 is 20.1 Å². The third-order valence-corrected chi connectivity index (χ3v) is 4.70. The maximum atomic E-state index is 12.9. The van der Waals surface area contributed by atoms with Crippen LogP contribution in [0.2, 0.25) is 0 Å². The zero-order chi connectivity index (χ0) is 21.5. The molecule has 2 aromatic carbocycles. The van der Waals surface area contributed by atoms with Gasteiger partial charge >= 0.3 is 6.03 Å². The molecule has 0 unspecified atom stereocenters. The van der Waals surface area contributed by atoms with Gasteiger partial charge in [-0.25, -0.2) is 9.80 Å². The van der Waals surface area contributed by atoms with Gasteiger partial charge in [-0.2, -0.15) is 5.10 Å². The fourth-order valence-electron chi connectivity index (χ4n) is 3.19. The molecule has 1 aliphatic heterocycles. The Morgan fingerprint density at radius 2 is 1.80 bits per heavy atom. The number of amides is 3. The van der Waals surface area contributed by atoms with Crippen LogP contribution < -0.4 is 20.1 Å². The van der Waals surface area contributed by atoms with Crippen molar-refractivity contribution in [2.24, 2.45) is 5.10 Å². The van der Waals surface area contributed by atoms with Crippen molar-refractivity contribution >= 4 is 23.3 Å². The summed E-state index contributed by atoms with van der Waals surface area (Å²) in [5.74, 6) is 1.08. The van der Waals surface area contributed by atoms with E-state index in [1.54, 1.807) is 38.5 Å². The number of carbonyl (C=O) groups is 2. The monoisotopic (exact) mass is 410 g/mol. The van der Waals surface area contributed by atoms with Crippen LogP contribution in [-0.2, 0) is 0 Å². The van der Waals surface area contributed by atoms with Gasteiger partial charge in [0.25, 0.3) is 5.91 Å². The lowest BCUT2D eigenvalue weighted by Gasteiger charge is -2.24. The maximum Gasteiger partial charge on any atom is 0.319 e. The lowest BCUT2D eigenvalue weighted by molar-refractivity contribution is 0.0751. The number of benzene rings is 2. The molecule has 1 aliphatic rings. The van der Waals surface area contributed by atoms with Crippen molar-refractivity contribution in [3.05, 3.63) is 53.6 Å². The van der Waals surface area contributed by atoms with Crippen molar-refractivity contribution in [2.45, 2.75) is 19.8 Å². The Bertz CT molecular complexity index is 941. The summed E-state index contributed by atoms with van der Waals surface area (Å²) in [6.45, 7) is 2.93. The molecule has 0 atom stereocenters. The van der Waals surface area contributed by atoms with E-state index in [4.69, 9.17) is 9.47 Å². The summed E-state index contributed by atoms with van der Waals surface area (Å²) < 4.78 is 10.7. The van der Waals surface area contributed by atoms with E-state index >= 15 is 0 Å². The second kappa shape index (κ2) is 9.78. The van der Waals surface area contributed by atoms with Gasteiger partial charge in [0.1, 0.15) is 0 Å². The highest BCUT2D eigenvalue weighted by Gasteiger charge is 2.21. The van der Waals surface area contributed by atoms with Crippen molar-refractivity contribution in [1.82, 2.24) is 10.3 Å². The zero-order valence-electron chi connectivity index (χ0n) is 17.4. The number of ether oxygens (including phenoxy) is 2. The number of nitrogens with zero attached hydrogens (tertiary/aromatic N) is 2. The molecule has 0 fully saturated rings. The fraction of sp³-hybridized carbons (Fsp3) is 0.318. The van der Waals surface area contributed by atoms with Crippen molar-refractivity contribution in [3.63, 3.8) is 0 Å². The number of methoxy groups -OCH3 is 2. The van der Waals surface area contributed by atoms with Crippen molar-refractivity contribution < 1.29 is 19.1 Å². The average molecular weight is 410 g/mol. The number of hydrazone groups is 1. The Hall–Kier alpha value is -3.55. The predicted octanol–water partition coefficient (Wildman–Crippen LogP) is 3.49. The molecule has 1 heterocycles. The van der Waals surface area contributed by atoms with Crippen LogP contribution in [-0.4, -0.2) is 50.0 Å². The second-order valence-corrected chi connectivity index (χ2v) is 6.71. The second-order valence-electron chi connectivity index (χ2n) is 6.71. The molecule has 0 aromatic heterocycles. The number of carbonyl (C=O) groups excluding carboxylic acids is 2. The third-order valence-electron chi connectivity index (χ3n) is 4.70. The van der Waals surface area contributed by atoms with Crippen LogP contribution in [0, 0.1) is 0 Å². The topological polar surface area (TPSA) is 92.3 Å². The van der Waals surface area contributed by atoms with Crippen LogP contribution in [0.15, 0.2) is 47.6 Å². The van der Waals surface area contributed by atoms with Crippen LogP contribution in [0.4, 0.5) is 10.5 Å². The number of hydrogen-bond acceptors (Lipinski definition) is 5. The summed E-state index contributed by atoms with van der Waals surface area (Å²) in [5, 5.41) is 11.4. The molecular weight excluding hydrogens is 384 g/mol. The molecule has 0 spiro atoms. The molecule has 0 aliphatic carbocycles. The number of hydrogen-bond donors (Lipinski definition) is 2. The lowest BCUT2D eigenvalue weighted by atomic mass is 10.0.